The van der Waals surface area contributed by atoms with Crippen molar-refractivity contribution in [1.82, 2.24) is 4.31 Å². The normalized spacial score (nSPS) is 21.5. The molecule has 3 nitrogen and oxygen atoms in total. The van der Waals surface area contributed by atoms with Gasteiger partial charge in [0.25, 0.3) is 0 Å². The van der Waals surface area contributed by atoms with Gasteiger partial charge in [-0.15, -0.1) is 0 Å². The number of hydrogen-bond acceptors (Lipinski definition) is 2. The molecule has 0 N–H and O–H groups in total. The molecule has 1 aliphatic rings. The SMILES string of the molecule is Cc1ccccc1S(=O)(=O)N1CCCCC1CCBr. The lowest BCUT2D eigenvalue weighted by atomic mass is 10.0. The Balaban J connectivity index is 2.35. The number of sulfonamides is 1. The van der Waals surface area contributed by atoms with Crippen LogP contribution in [-0.2, 0) is 10.0 Å². The predicted molar refractivity (Wildman–Crippen MR) is 81.1 cm³/mol. The van der Waals surface area contributed by atoms with Crippen LogP contribution in [0.5, 0.6) is 0 Å². The Labute approximate surface area is 124 Å². The van der Waals surface area contributed by atoms with E-state index in [-0.39, 0.29) is 6.04 Å². The lowest BCUT2D eigenvalue weighted by molar-refractivity contribution is 0.248. The molecule has 0 aromatic heterocycles. The Hall–Kier alpha value is -0.390. The maximum atomic E-state index is 12.8. The molecule has 1 fully saturated rings. The highest BCUT2D eigenvalue weighted by Crippen LogP contribution is 2.28. The summed E-state index contributed by atoms with van der Waals surface area (Å²) in [5.41, 5.74) is 0.825. The maximum Gasteiger partial charge on any atom is 0.243 e. The number of nitrogens with zero attached hydrogens (tertiary/aromatic N) is 1. The molecule has 1 unspecified atom stereocenters. The first-order chi connectivity index (χ1) is 9.07. The summed E-state index contributed by atoms with van der Waals surface area (Å²) in [4.78, 5) is 0.455. The highest BCUT2D eigenvalue weighted by atomic mass is 79.9. The quantitative estimate of drug-likeness (QED) is 0.785. The van der Waals surface area contributed by atoms with Gasteiger partial charge in [0.1, 0.15) is 0 Å². The number of aryl methyl sites for hydroxylation is 1. The van der Waals surface area contributed by atoms with Gasteiger partial charge in [-0.05, 0) is 37.8 Å². The zero-order valence-electron chi connectivity index (χ0n) is 11.2. The zero-order chi connectivity index (χ0) is 13.9. The van der Waals surface area contributed by atoms with Crippen molar-refractivity contribution < 1.29 is 8.42 Å². The summed E-state index contributed by atoms with van der Waals surface area (Å²) in [6.45, 7) is 2.50. The number of alkyl halides is 1. The largest absolute Gasteiger partial charge is 0.243 e. The molecule has 0 radical (unpaired) electrons. The van der Waals surface area contributed by atoms with E-state index in [1.165, 1.54) is 0 Å². The molecule has 1 aromatic rings. The van der Waals surface area contributed by atoms with E-state index in [0.717, 1.165) is 36.6 Å². The highest BCUT2D eigenvalue weighted by Gasteiger charge is 2.33. The van der Waals surface area contributed by atoms with Crippen molar-refractivity contribution in [2.24, 2.45) is 0 Å². The van der Waals surface area contributed by atoms with Crippen molar-refractivity contribution in [1.29, 1.82) is 0 Å². The van der Waals surface area contributed by atoms with Gasteiger partial charge in [0, 0.05) is 17.9 Å². The van der Waals surface area contributed by atoms with Crippen molar-refractivity contribution in [3.05, 3.63) is 29.8 Å². The fraction of sp³-hybridized carbons (Fsp3) is 0.571. The van der Waals surface area contributed by atoms with Crippen LogP contribution in [0.3, 0.4) is 0 Å². The summed E-state index contributed by atoms with van der Waals surface area (Å²) in [7, 11) is -3.35. The second-order valence-electron chi connectivity index (χ2n) is 5.01. The summed E-state index contributed by atoms with van der Waals surface area (Å²) >= 11 is 3.43. The fourth-order valence-electron chi connectivity index (χ4n) is 2.68. The van der Waals surface area contributed by atoms with Gasteiger partial charge >= 0.3 is 0 Å². The minimum atomic E-state index is -3.35. The molecule has 5 heteroatoms. The van der Waals surface area contributed by atoms with Gasteiger partial charge in [-0.3, -0.25) is 0 Å². The monoisotopic (exact) mass is 345 g/mol. The number of rotatable bonds is 4. The smallest absolute Gasteiger partial charge is 0.207 e. The molecular formula is C14H20BrNO2S. The second-order valence-corrected chi connectivity index (χ2v) is 7.66. The van der Waals surface area contributed by atoms with Crippen molar-refractivity contribution in [2.45, 2.75) is 43.5 Å². The molecule has 1 saturated heterocycles. The summed E-state index contributed by atoms with van der Waals surface area (Å²) in [6, 6.07) is 7.38. The minimum absolute atomic E-state index is 0.137. The Bertz CT molecular complexity index is 528. The molecule has 0 spiro atoms. The van der Waals surface area contributed by atoms with E-state index < -0.39 is 10.0 Å². The van der Waals surface area contributed by atoms with Crippen molar-refractivity contribution >= 4 is 26.0 Å². The van der Waals surface area contributed by atoms with Gasteiger partial charge in [0.05, 0.1) is 4.90 Å². The van der Waals surface area contributed by atoms with E-state index in [4.69, 9.17) is 0 Å². The lowest BCUT2D eigenvalue weighted by Gasteiger charge is -2.34. The minimum Gasteiger partial charge on any atom is -0.207 e. The van der Waals surface area contributed by atoms with Crippen LogP contribution in [0, 0.1) is 6.92 Å². The lowest BCUT2D eigenvalue weighted by Crippen LogP contribution is -2.44. The number of piperidine rings is 1. The average Bonchev–Trinajstić information content (AvgIpc) is 2.40. The molecule has 0 bridgehead atoms. The van der Waals surface area contributed by atoms with E-state index in [0.29, 0.717) is 11.4 Å². The zero-order valence-corrected chi connectivity index (χ0v) is 13.6. The molecule has 1 heterocycles. The van der Waals surface area contributed by atoms with Crippen LogP contribution in [0.2, 0.25) is 0 Å². The Kier molecular flexibility index (Phi) is 5.03. The Morgan fingerprint density at radius 3 is 2.74 bits per heavy atom. The summed E-state index contributed by atoms with van der Waals surface area (Å²) < 4.78 is 27.3. The molecule has 2 rings (SSSR count). The molecular weight excluding hydrogens is 326 g/mol. The fourth-order valence-corrected chi connectivity index (χ4v) is 5.16. The predicted octanol–water partition coefficient (Wildman–Crippen LogP) is 3.32. The number of benzene rings is 1. The van der Waals surface area contributed by atoms with Crippen LogP contribution in [-0.4, -0.2) is 30.6 Å². The molecule has 19 heavy (non-hydrogen) atoms. The van der Waals surface area contributed by atoms with Crippen LogP contribution in [0.15, 0.2) is 29.2 Å². The number of halogens is 1. The molecule has 1 atom stereocenters. The highest BCUT2D eigenvalue weighted by molar-refractivity contribution is 9.09. The standard InChI is InChI=1S/C14H20BrNO2S/c1-12-6-2-3-8-14(12)19(17,18)16-11-5-4-7-13(16)9-10-15/h2-3,6,8,13H,4-5,7,9-11H2,1H3. The van der Waals surface area contributed by atoms with Gasteiger partial charge in [0.15, 0.2) is 0 Å². The summed E-state index contributed by atoms with van der Waals surface area (Å²) in [5, 5.41) is 0.845. The van der Waals surface area contributed by atoms with E-state index >= 15 is 0 Å². The van der Waals surface area contributed by atoms with Gasteiger partial charge in [-0.2, -0.15) is 4.31 Å². The van der Waals surface area contributed by atoms with Gasteiger partial charge in [-0.1, -0.05) is 40.5 Å². The number of hydrogen-bond donors (Lipinski definition) is 0. The third kappa shape index (κ3) is 3.20. The van der Waals surface area contributed by atoms with Crippen LogP contribution >= 0.6 is 15.9 Å². The van der Waals surface area contributed by atoms with E-state index in [1.807, 2.05) is 19.1 Å². The molecule has 106 valence electrons. The van der Waals surface area contributed by atoms with Crippen molar-refractivity contribution in [3.8, 4) is 0 Å². The Morgan fingerprint density at radius 2 is 2.05 bits per heavy atom. The van der Waals surface area contributed by atoms with Crippen LogP contribution in [0.1, 0.15) is 31.2 Å². The topological polar surface area (TPSA) is 37.4 Å². The maximum absolute atomic E-state index is 12.8. The molecule has 1 aliphatic heterocycles. The summed E-state index contributed by atoms with van der Waals surface area (Å²) in [6.07, 6.45) is 3.93. The van der Waals surface area contributed by atoms with E-state index in [2.05, 4.69) is 15.9 Å². The van der Waals surface area contributed by atoms with E-state index in [1.54, 1.807) is 16.4 Å². The van der Waals surface area contributed by atoms with Gasteiger partial charge in [0.2, 0.25) is 10.0 Å². The van der Waals surface area contributed by atoms with Crippen molar-refractivity contribution in [2.75, 3.05) is 11.9 Å². The average molecular weight is 346 g/mol. The third-order valence-corrected chi connectivity index (χ3v) is 6.27. The van der Waals surface area contributed by atoms with Crippen LogP contribution < -0.4 is 0 Å². The molecule has 0 saturated carbocycles. The van der Waals surface area contributed by atoms with Crippen LogP contribution in [0.25, 0.3) is 0 Å². The van der Waals surface area contributed by atoms with Crippen molar-refractivity contribution in [3.63, 3.8) is 0 Å². The molecule has 0 aliphatic carbocycles. The third-order valence-electron chi connectivity index (χ3n) is 3.70. The Morgan fingerprint density at radius 1 is 1.32 bits per heavy atom. The van der Waals surface area contributed by atoms with Crippen LogP contribution in [0.4, 0.5) is 0 Å². The second kappa shape index (κ2) is 6.37. The van der Waals surface area contributed by atoms with Gasteiger partial charge in [-0.25, -0.2) is 8.42 Å². The van der Waals surface area contributed by atoms with Gasteiger partial charge < -0.3 is 0 Å². The van der Waals surface area contributed by atoms with E-state index in [9.17, 15) is 8.42 Å². The summed E-state index contributed by atoms with van der Waals surface area (Å²) in [5.74, 6) is 0. The first kappa shape index (κ1) is 15.0. The first-order valence-electron chi connectivity index (χ1n) is 6.71. The molecule has 1 aromatic carbocycles. The first-order valence-corrected chi connectivity index (χ1v) is 9.27. The molecule has 0 amide bonds.